The Kier molecular flexibility index (Phi) is 2.59. The first kappa shape index (κ1) is 10.2. The van der Waals surface area contributed by atoms with Crippen molar-refractivity contribution in [1.82, 2.24) is 4.98 Å². The van der Waals surface area contributed by atoms with E-state index in [1.165, 1.54) is 18.3 Å². The number of pyridine rings is 1. The van der Waals surface area contributed by atoms with Gasteiger partial charge < -0.3 is 0 Å². The van der Waals surface area contributed by atoms with Gasteiger partial charge in [-0.1, -0.05) is 6.07 Å². The zero-order chi connectivity index (χ0) is 11.5. The van der Waals surface area contributed by atoms with Crippen LogP contribution in [0.5, 0.6) is 0 Å². The molecule has 5 heteroatoms. The summed E-state index contributed by atoms with van der Waals surface area (Å²) in [6.45, 7) is 0. The van der Waals surface area contributed by atoms with Crippen LogP contribution in [-0.4, -0.2) is 9.91 Å². The third kappa shape index (κ3) is 1.88. The maximum Gasteiger partial charge on any atom is 0.280 e. The molecule has 2 aromatic rings. The van der Waals surface area contributed by atoms with Crippen molar-refractivity contribution in [3.63, 3.8) is 0 Å². The van der Waals surface area contributed by atoms with E-state index < -0.39 is 10.7 Å². The summed E-state index contributed by atoms with van der Waals surface area (Å²) >= 11 is 0. The van der Waals surface area contributed by atoms with Gasteiger partial charge in [-0.2, -0.15) is 0 Å². The van der Waals surface area contributed by atoms with Gasteiger partial charge in [-0.15, -0.1) is 0 Å². The molecule has 1 aromatic carbocycles. The normalized spacial score (nSPS) is 10.1. The molecule has 0 N–H and O–H groups in total. The standard InChI is InChI=1S/C11H7FN2O2/c12-9-3-4-10(11(6-9)14(15)16)8-2-1-5-13-7-8/h1-7H. The molecule has 1 heterocycles. The average Bonchev–Trinajstić information content (AvgIpc) is 2.30. The van der Waals surface area contributed by atoms with Gasteiger partial charge in [-0.3, -0.25) is 15.1 Å². The van der Waals surface area contributed by atoms with E-state index in [-0.39, 0.29) is 5.69 Å². The number of hydrogen-bond acceptors (Lipinski definition) is 3. The predicted molar refractivity (Wildman–Crippen MR) is 56.3 cm³/mol. The SMILES string of the molecule is O=[N+]([O-])c1cc(F)ccc1-c1cccnc1. The first-order chi connectivity index (χ1) is 7.68. The molecule has 0 fully saturated rings. The second-order valence-electron chi connectivity index (χ2n) is 3.16. The third-order valence-corrected chi connectivity index (χ3v) is 2.13. The number of rotatable bonds is 2. The molecule has 16 heavy (non-hydrogen) atoms. The summed E-state index contributed by atoms with van der Waals surface area (Å²) in [5.74, 6) is -0.626. The molecule has 0 aliphatic rings. The van der Waals surface area contributed by atoms with Crippen LogP contribution in [0.1, 0.15) is 0 Å². The molecule has 0 aliphatic heterocycles. The Bertz CT molecular complexity index is 529. The number of nitro benzene ring substituents is 1. The monoisotopic (exact) mass is 218 g/mol. The van der Waals surface area contributed by atoms with Crippen LogP contribution in [-0.2, 0) is 0 Å². The number of hydrogen-bond donors (Lipinski definition) is 0. The van der Waals surface area contributed by atoms with Gasteiger partial charge in [0.2, 0.25) is 0 Å². The molecule has 4 nitrogen and oxygen atoms in total. The topological polar surface area (TPSA) is 56.0 Å². The fraction of sp³-hybridized carbons (Fsp3) is 0. The van der Waals surface area contributed by atoms with Gasteiger partial charge in [0.25, 0.3) is 5.69 Å². The molecular formula is C11H7FN2O2. The Balaban J connectivity index is 2.61. The van der Waals surface area contributed by atoms with Gasteiger partial charge in [0.15, 0.2) is 0 Å². The number of aromatic nitrogens is 1. The van der Waals surface area contributed by atoms with Crippen molar-refractivity contribution in [2.75, 3.05) is 0 Å². The number of halogens is 1. The lowest BCUT2D eigenvalue weighted by atomic mass is 10.1. The summed E-state index contributed by atoms with van der Waals surface area (Å²) in [7, 11) is 0. The van der Waals surface area contributed by atoms with Gasteiger partial charge in [0.05, 0.1) is 16.6 Å². The molecule has 80 valence electrons. The fourth-order valence-electron chi connectivity index (χ4n) is 1.42. The lowest BCUT2D eigenvalue weighted by Gasteiger charge is -2.02. The van der Waals surface area contributed by atoms with E-state index in [2.05, 4.69) is 4.98 Å². The lowest BCUT2D eigenvalue weighted by Crippen LogP contribution is -1.93. The van der Waals surface area contributed by atoms with Crippen molar-refractivity contribution in [3.05, 3.63) is 58.7 Å². The summed E-state index contributed by atoms with van der Waals surface area (Å²) in [5, 5.41) is 10.8. The highest BCUT2D eigenvalue weighted by Crippen LogP contribution is 2.29. The van der Waals surface area contributed by atoms with Crippen molar-refractivity contribution in [2.45, 2.75) is 0 Å². The summed E-state index contributed by atoms with van der Waals surface area (Å²) in [6.07, 6.45) is 3.07. The maximum absolute atomic E-state index is 12.9. The molecule has 0 unspecified atom stereocenters. The van der Waals surface area contributed by atoms with Crippen LogP contribution in [0.4, 0.5) is 10.1 Å². The van der Waals surface area contributed by atoms with E-state index in [4.69, 9.17) is 0 Å². The van der Waals surface area contributed by atoms with Crippen LogP contribution >= 0.6 is 0 Å². The molecule has 0 aliphatic carbocycles. The molecule has 1 aromatic heterocycles. The minimum absolute atomic E-state index is 0.256. The Morgan fingerprint density at radius 2 is 2.12 bits per heavy atom. The van der Waals surface area contributed by atoms with E-state index >= 15 is 0 Å². The molecule has 0 saturated carbocycles. The van der Waals surface area contributed by atoms with Crippen LogP contribution in [0.2, 0.25) is 0 Å². The first-order valence-corrected chi connectivity index (χ1v) is 4.53. The molecule has 0 atom stereocenters. The average molecular weight is 218 g/mol. The van der Waals surface area contributed by atoms with Crippen molar-refractivity contribution in [1.29, 1.82) is 0 Å². The quantitative estimate of drug-likeness (QED) is 0.575. The second kappa shape index (κ2) is 4.06. The molecule has 0 saturated heterocycles. The zero-order valence-corrected chi connectivity index (χ0v) is 8.13. The van der Waals surface area contributed by atoms with E-state index in [0.29, 0.717) is 11.1 Å². The largest absolute Gasteiger partial charge is 0.280 e. The summed E-state index contributed by atoms with van der Waals surface area (Å²) in [4.78, 5) is 14.0. The van der Waals surface area contributed by atoms with Crippen LogP contribution in [0.25, 0.3) is 11.1 Å². The van der Waals surface area contributed by atoms with E-state index in [1.807, 2.05) is 0 Å². The van der Waals surface area contributed by atoms with Gasteiger partial charge >= 0.3 is 0 Å². The Labute approximate surface area is 90.5 Å². The summed E-state index contributed by atoms with van der Waals surface area (Å²) < 4.78 is 12.9. The van der Waals surface area contributed by atoms with Gasteiger partial charge in [0.1, 0.15) is 5.82 Å². The second-order valence-corrected chi connectivity index (χ2v) is 3.16. The number of nitrogens with zero attached hydrogens (tertiary/aromatic N) is 2. The highest BCUT2D eigenvalue weighted by molar-refractivity contribution is 5.72. The number of nitro groups is 1. The molecule has 0 amide bonds. The van der Waals surface area contributed by atoms with Crippen LogP contribution in [0.15, 0.2) is 42.7 Å². The zero-order valence-electron chi connectivity index (χ0n) is 8.13. The minimum Gasteiger partial charge on any atom is -0.264 e. The molecular weight excluding hydrogens is 211 g/mol. The van der Waals surface area contributed by atoms with Crippen LogP contribution < -0.4 is 0 Å². The summed E-state index contributed by atoms with van der Waals surface area (Å²) in [6, 6.07) is 6.83. The van der Waals surface area contributed by atoms with E-state index in [0.717, 1.165) is 6.07 Å². The van der Waals surface area contributed by atoms with Gasteiger partial charge in [0, 0.05) is 18.0 Å². The molecule has 2 rings (SSSR count). The first-order valence-electron chi connectivity index (χ1n) is 4.53. The highest BCUT2D eigenvalue weighted by Gasteiger charge is 2.16. The van der Waals surface area contributed by atoms with E-state index in [9.17, 15) is 14.5 Å². The maximum atomic E-state index is 12.9. The highest BCUT2D eigenvalue weighted by atomic mass is 19.1. The Morgan fingerprint density at radius 1 is 1.31 bits per heavy atom. The molecule has 0 radical (unpaired) electrons. The minimum atomic E-state index is -0.626. The summed E-state index contributed by atoms with van der Waals surface area (Å²) in [5.41, 5.74) is 0.696. The van der Waals surface area contributed by atoms with Gasteiger partial charge in [-0.25, -0.2) is 4.39 Å². The van der Waals surface area contributed by atoms with E-state index in [1.54, 1.807) is 18.3 Å². The van der Waals surface area contributed by atoms with Crippen LogP contribution in [0.3, 0.4) is 0 Å². The molecule has 0 bridgehead atoms. The predicted octanol–water partition coefficient (Wildman–Crippen LogP) is 2.80. The smallest absolute Gasteiger partial charge is 0.264 e. The Hall–Kier alpha value is -2.30. The fourth-order valence-corrected chi connectivity index (χ4v) is 1.42. The van der Waals surface area contributed by atoms with Crippen molar-refractivity contribution in [3.8, 4) is 11.1 Å². The molecule has 0 spiro atoms. The van der Waals surface area contributed by atoms with Crippen LogP contribution in [0, 0.1) is 15.9 Å². The van der Waals surface area contributed by atoms with Gasteiger partial charge in [-0.05, 0) is 18.2 Å². The lowest BCUT2D eigenvalue weighted by molar-refractivity contribution is -0.384. The number of benzene rings is 1. The third-order valence-electron chi connectivity index (χ3n) is 2.13. The van der Waals surface area contributed by atoms with Crippen molar-refractivity contribution >= 4 is 5.69 Å². The Morgan fingerprint density at radius 3 is 2.75 bits per heavy atom. The van der Waals surface area contributed by atoms with Crippen molar-refractivity contribution < 1.29 is 9.31 Å². The van der Waals surface area contributed by atoms with Crippen molar-refractivity contribution in [2.24, 2.45) is 0 Å².